The van der Waals surface area contributed by atoms with E-state index in [4.69, 9.17) is 4.74 Å². The fraction of sp³-hybridized carbons (Fsp3) is 0.227. The van der Waals surface area contributed by atoms with Gasteiger partial charge in [-0.2, -0.15) is 0 Å². The number of hydrogen-bond donors (Lipinski definition) is 1. The molecule has 0 bridgehead atoms. The lowest BCUT2D eigenvalue weighted by Crippen LogP contribution is -2.24. The lowest BCUT2D eigenvalue weighted by Gasteiger charge is -2.26. The number of halogens is 1. The Kier molecular flexibility index (Phi) is 4.93. The van der Waals surface area contributed by atoms with E-state index in [9.17, 15) is 4.39 Å². The van der Waals surface area contributed by atoms with Gasteiger partial charge in [-0.1, -0.05) is 30.3 Å². The van der Waals surface area contributed by atoms with Crippen LogP contribution in [0.4, 0.5) is 4.39 Å². The van der Waals surface area contributed by atoms with Crippen molar-refractivity contribution in [2.75, 3.05) is 6.61 Å². The molecule has 2 heterocycles. The van der Waals surface area contributed by atoms with Gasteiger partial charge >= 0.3 is 0 Å². The molecule has 2 aromatic carbocycles. The molecule has 1 aliphatic heterocycles. The number of nitrogens with zero attached hydrogens (tertiary/aromatic N) is 1. The Hall–Kier alpha value is -2.72. The first-order chi connectivity index (χ1) is 12.8. The van der Waals surface area contributed by atoms with Crippen molar-refractivity contribution >= 4 is 0 Å². The highest BCUT2D eigenvalue weighted by atomic mass is 19.1. The van der Waals surface area contributed by atoms with Gasteiger partial charge in [0.1, 0.15) is 11.6 Å². The molecule has 4 heteroatoms. The first kappa shape index (κ1) is 16.7. The maximum absolute atomic E-state index is 13.4. The zero-order chi connectivity index (χ0) is 17.8. The lowest BCUT2D eigenvalue weighted by molar-refractivity contribution is 0.287. The average Bonchev–Trinajstić information content (AvgIpc) is 2.70. The molecule has 1 N–H and O–H groups in total. The first-order valence-corrected chi connectivity index (χ1v) is 8.93. The highest BCUT2D eigenvalue weighted by Gasteiger charge is 2.21. The fourth-order valence-corrected chi connectivity index (χ4v) is 3.47. The monoisotopic (exact) mass is 348 g/mol. The van der Waals surface area contributed by atoms with E-state index in [1.165, 1.54) is 23.3 Å². The second-order valence-electron chi connectivity index (χ2n) is 6.50. The molecular weight excluding hydrogens is 327 g/mol. The van der Waals surface area contributed by atoms with Crippen molar-refractivity contribution in [1.82, 2.24) is 10.3 Å². The summed E-state index contributed by atoms with van der Waals surface area (Å²) in [7, 11) is 0. The number of nitrogens with one attached hydrogen (secondary N) is 1. The van der Waals surface area contributed by atoms with Crippen molar-refractivity contribution in [2.45, 2.75) is 25.4 Å². The Morgan fingerprint density at radius 2 is 1.96 bits per heavy atom. The molecule has 132 valence electrons. The van der Waals surface area contributed by atoms with E-state index in [0.717, 1.165) is 36.3 Å². The fourth-order valence-electron chi connectivity index (χ4n) is 3.47. The van der Waals surface area contributed by atoms with E-state index < -0.39 is 0 Å². The zero-order valence-electron chi connectivity index (χ0n) is 14.5. The summed E-state index contributed by atoms with van der Waals surface area (Å²) in [6.07, 6.45) is 5.64. The molecule has 1 unspecified atom stereocenters. The Morgan fingerprint density at radius 3 is 2.77 bits per heavy atom. The van der Waals surface area contributed by atoms with E-state index in [1.54, 1.807) is 6.20 Å². The summed E-state index contributed by atoms with van der Waals surface area (Å²) in [4.78, 5) is 4.18. The van der Waals surface area contributed by atoms with Crippen LogP contribution < -0.4 is 10.1 Å². The average molecular weight is 348 g/mol. The highest BCUT2D eigenvalue weighted by Crippen LogP contribution is 2.34. The molecule has 26 heavy (non-hydrogen) atoms. The van der Waals surface area contributed by atoms with E-state index in [1.807, 2.05) is 42.6 Å². The lowest BCUT2D eigenvalue weighted by atomic mass is 9.90. The van der Waals surface area contributed by atoms with Crippen molar-refractivity contribution in [1.29, 1.82) is 0 Å². The molecule has 3 nitrogen and oxygen atoms in total. The summed E-state index contributed by atoms with van der Waals surface area (Å²) in [5.74, 6) is 0.738. The molecule has 0 saturated heterocycles. The first-order valence-electron chi connectivity index (χ1n) is 8.93. The molecule has 0 aliphatic carbocycles. The van der Waals surface area contributed by atoms with Crippen molar-refractivity contribution in [3.8, 4) is 5.75 Å². The maximum Gasteiger partial charge on any atom is 0.123 e. The standard InChI is InChI=1S/C22H21FN2O/c23-18-10-8-17(9-11-18)22(25-15-16-4-2-12-24-14-16)20-5-1-7-21-19(20)6-3-13-26-21/h1-2,4-5,7-12,14,22,25H,3,6,13,15H2. The van der Waals surface area contributed by atoms with Crippen LogP contribution in [0.5, 0.6) is 5.75 Å². The number of benzene rings is 2. The second kappa shape index (κ2) is 7.67. The number of fused-ring (bicyclic) bond motifs is 1. The van der Waals surface area contributed by atoms with Gasteiger partial charge in [0.15, 0.2) is 0 Å². The molecule has 0 radical (unpaired) electrons. The highest BCUT2D eigenvalue weighted by molar-refractivity contribution is 5.46. The SMILES string of the molecule is Fc1ccc(C(NCc2cccnc2)c2cccc3c2CCCO3)cc1. The molecule has 4 rings (SSSR count). The van der Waals surface area contributed by atoms with Gasteiger partial charge in [-0.05, 0) is 59.4 Å². The third-order valence-corrected chi connectivity index (χ3v) is 4.75. The van der Waals surface area contributed by atoms with Crippen LogP contribution in [-0.4, -0.2) is 11.6 Å². The summed E-state index contributed by atoms with van der Waals surface area (Å²) in [5, 5.41) is 3.62. The van der Waals surface area contributed by atoms with Crippen LogP contribution in [0.1, 0.15) is 34.7 Å². The van der Waals surface area contributed by atoms with Crippen molar-refractivity contribution in [3.63, 3.8) is 0 Å². The zero-order valence-corrected chi connectivity index (χ0v) is 14.5. The van der Waals surface area contributed by atoms with Gasteiger partial charge in [-0.3, -0.25) is 4.98 Å². The smallest absolute Gasteiger partial charge is 0.123 e. The van der Waals surface area contributed by atoms with Gasteiger partial charge in [0.2, 0.25) is 0 Å². The van der Waals surface area contributed by atoms with Crippen LogP contribution in [0.2, 0.25) is 0 Å². The largest absolute Gasteiger partial charge is 0.493 e. The van der Waals surface area contributed by atoms with E-state index in [2.05, 4.69) is 16.4 Å². The van der Waals surface area contributed by atoms with Crippen LogP contribution in [0, 0.1) is 5.82 Å². The van der Waals surface area contributed by atoms with E-state index in [-0.39, 0.29) is 11.9 Å². The quantitative estimate of drug-likeness (QED) is 0.741. The molecule has 1 aliphatic rings. The van der Waals surface area contributed by atoms with Crippen LogP contribution in [0.3, 0.4) is 0 Å². The number of pyridine rings is 1. The number of aromatic nitrogens is 1. The van der Waals surface area contributed by atoms with Gasteiger partial charge < -0.3 is 10.1 Å². The molecule has 0 spiro atoms. The Balaban J connectivity index is 1.70. The van der Waals surface area contributed by atoms with E-state index >= 15 is 0 Å². The second-order valence-corrected chi connectivity index (χ2v) is 6.50. The minimum absolute atomic E-state index is 0.0348. The predicted molar refractivity (Wildman–Crippen MR) is 99.6 cm³/mol. The van der Waals surface area contributed by atoms with Crippen molar-refractivity contribution in [3.05, 3.63) is 95.1 Å². The molecule has 0 saturated carbocycles. The molecule has 1 atom stereocenters. The van der Waals surface area contributed by atoms with Crippen LogP contribution in [-0.2, 0) is 13.0 Å². The molecule has 0 fully saturated rings. The van der Waals surface area contributed by atoms with Crippen LogP contribution in [0.15, 0.2) is 67.0 Å². The molecule has 0 amide bonds. The number of rotatable bonds is 5. The minimum atomic E-state index is -0.224. The third-order valence-electron chi connectivity index (χ3n) is 4.75. The molecular formula is C22H21FN2O. The third kappa shape index (κ3) is 3.60. The Bertz CT molecular complexity index is 865. The number of hydrogen-bond acceptors (Lipinski definition) is 3. The van der Waals surface area contributed by atoms with Crippen molar-refractivity contribution in [2.24, 2.45) is 0 Å². The van der Waals surface area contributed by atoms with Crippen LogP contribution in [0.25, 0.3) is 0 Å². The Morgan fingerprint density at radius 1 is 1.08 bits per heavy atom. The van der Waals surface area contributed by atoms with Gasteiger partial charge in [0.25, 0.3) is 0 Å². The van der Waals surface area contributed by atoms with Gasteiger partial charge in [-0.25, -0.2) is 4.39 Å². The van der Waals surface area contributed by atoms with Gasteiger partial charge in [0.05, 0.1) is 12.6 Å². The summed E-state index contributed by atoms with van der Waals surface area (Å²) >= 11 is 0. The van der Waals surface area contributed by atoms with Crippen LogP contribution >= 0.6 is 0 Å². The van der Waals surface area contributed by atoms with E-state index in [0.29, 0.717) is 6.54 Å². The summed E-state index contributed by atoms with van der Waals surface area (Å²) in [6.45, 7) is 1.45. The minimum Gasteiger partial charge on any atom is -0.493 e. The van der Waals surface area contributed by atoms with Crippen molar-refractivity contribution < 1.29 is 9.13 Å². The topological polar surface area (TPSA) is 34.2 Å². The predicted octanol–water partition coefficient (Wildman–Crippen LogP) is 4.42. The molecule has 3 aromatic rings. The van der Waals surface area contributed by atoms with Gasteiger partial charge in [-0.15, -0.1) is 0 Å². The summed E-state index contributed by atoms with van der Waals surface area (Å²) in [5.41, 5.74) is 4.58. The maximum atomic E-state index is 13.4. The molecule has 1 aromatic heterocycles. The number of ether oxygens (including phenoxy) is 1. The Labute approximate surface area is 152 Å². The summed E-state index contributed by atoms with van der Waals surface area (Å²) in [6, 6.07) is 16.9. The van der Waals surface area contributed by atoms with Gasteiger partial charge in [0, 0.05) is 18.9 Å². The summed E-state index contributed by atoms with van der Waals surface area (Å²) < 4.78 is 19.3. The normalized spacial score (nSPS) is 14.3.